The molecule has 0 aromatic carbocycles. The summed E-state index contributed by atoms with van der Waals surface area (Å²) in [5, 5.41) is 5.05. The van der Waals surface area contributed by atoms with E-state index in [0.29, 0.717) is 5.92 Å². The molecule has 1 aromatic rings. The molecule has 2 heterocycles. The molecule has 17 heavy (non-hydrogen) atoms. The largest absolute Gasteiger partial charge is 0.381 e. The zero-order valence-electron chi connectivity index (χ0n) is 10.2. The number of ether oxygens (including phenoxy) is 1. The van der Waals surface area contributed by atoms with Crippen molar-refractivity contribution in [3.05, 3.63) is 16.4 Å². The van der Waals surface area contributed by atoms with Gasteiger partial charge in [-0.15, -0.1) is 0 Å². The molecule has 1 aliphatic rings. The van der Waals surface area contributed by atoms with Crippen LogP contribution in [0.25, 0.3) is 0 Å². The second-order valence-electron chi connectivity index (χ2n) is 4.57. The molecule has 0 radical (unpaired) electrons. The van der Waals surface area contributed by atoms with Crippen molar-refractivity contribution < 1.29 is 4.74 Å². The molecule has 1 fully saturated rings. The first-order valence-corrected chi connectivity index (χ1v) is 6.23. The number of hydrogen-bond donors (Lipinski definition) is 2. The summed E-state index contributed by atoms with van der Waals surface area (Å²) in [6.07, 6.45) is 1.82. The van der Waals surface area contributed by atoms with Gasteiger partial charge in [0.2, 0.25) is 0 Å². The third-order valence-corrected chi connectivity index (χ3v) is 3.91. The zero-order chi connectivity index (χ0) is 12.4. The summed E-state index contributed by atoms with van der Waals surface area (Å²) in [5.41, 5.74) is 4.77. The van der Waals surface area contributed by atoms with Gasteiger partial charge in [0.1, 0.15) is 0 Å². The maximum Gasteiger partial charge on any atom is 0.0847 e. The molecule has 2 rings (SSSR count). The van der Waals surface area contributed by atoms with Gasteiger partial charge in [0.05, 0.1) is 23.0 Å². The maximum absolute atomic E-state index is 6.24. The van der Waals surface area contributed by atoms with Gasteiger partial charge in [-0.05, 0) is 13.3 Å². The van der Waals surface area contributed by atoms with Gasteiger partial charge in [0.25, 0.3) is 0 Å². The normalized spacial score (nSPS) is 22.0. The second kappa shape index (κ2) is 5.35. The number of nitrogens with two attached hydrogens (primary N) is 1. The molecule has 2 atom stereocenters. The lowest BCUT2D eigenvalue weighted by molar-refractivity contribution is 0.176. The summed E-state index contributed by atoms with van der Waals surface area (Å²) in [7, 11) is 1.91. The quantitative estimate of drug-likeness (QED) is 0.619. The average Bonchev–Trinajstić information content (AvgIpc) is 2.89. The highest BCUT2D eigenvalue weighted by molar-refractivity contribution is 6.31. The first kappa shape index (κ1) is 12.8. The topological polar surface area (TPSA) is 65.1 Å². The van der Waals surface area contributed by atoms with E-state index in [-0.39, 0.29) is 6.04 Å². The number of aromatic nitrogens is 2. The van der Waals surface area contributed by atoms with Gasteiger partial charge in [-0.3, -0.25) is 16.0 Å². The highest BCUT2D eigenvalue weighted by atomic mass is 35.5. The molecule has 0 bridgehead atoms. The lowest BCUT2D eigenvalue weighted by Crippen LogP contribution is -2.43. The number of hydrazine groups is 1. The molecule has 1 aromatic heterocycles. The van der Waals surface area contributed by atoms with Crippen LogP contribution < -0.4 is 11.3 Å². The van der Waals surface area contributed by atoms with Crippen molar-refractivity contribution >= 4 is 11.6 Å². The predicted molar refractivity (Wildman–Crippen MR) is 66.7 cm³/mol. The van der Waals surface area contributed by atoms with E-state index in [1.54, 1.807) is 0 Å². The van der Waals surface area contributed by atoms with Crippen molar-refractivity contribution in [2.75, 3.05) is 13.2 Å². The van der Waals surface area contributed by atoms with E-state index in [0.717, 1.165) is 42.5 Å². The molecule has 96 valence electrons. The van der Waals surface area contributed by atoms with Crippen LogP contribution in [0.5, 0.6) is 0 Å². The molecular formula is C11H19ClN4O. The summed E-state index contributed by atoms with van der Waals surface area (Å²) < 4.78 is 7.22. The Morgan fingerprint density at radius 3 is 2.94 bits per heavy atom. The van der Waals surface area contributed by atoms with Gasteiger partial charge in [-0.1, -0.05) is 11.6 Å². The Morgan fingerprint density at radius 2 is 2.47 bits per heavy atom. The van der Waals surface area contributed by atoms with Crippen LogP contribution in [-0.4, -0.2) is 29.0 Å². The monoisotopic (exact) mass is 258 g/mol. The Balaban J connectivity index is 2.12. The molecule has 0 amide bonds. The highest BCUT2D eigenvalue weighted by Crippen LogP contribution is 2.24. The molecule has 6 heteroatoms. The molecule has 1 saturated heterocycles. The molecule has 0 aliphatic carbocycles. The van der Waals surface area contributed by atoms with Crippen LogP contribution in [0.1, 0.15) is 17.8 Å². The number of nitrogens with zero attached hydrogens (tertiary/aromatic N) is 2. The van der Waals surface area contributed by atoms with E-state index in [2.05, 4.69) is 10.5 Å². The van der Waals surface area contributed by atoms with Crippen molar-refractivity contribution in [3.63, 3.8) is 0 Å². The van der Waals surface area contributed by atoms with Crippen LogP contribution >= 0.6 is 11.6 Å². The van der Waals surface area contributed by atoms with Gasteiger partial charge < -0.3 is 4.74 Å². The molecule has 2 unspecified atom stereocenters. The number of hydrogen-bond acceptors (Lipinski definition) is 4. The number of halogens is 1. The maximum atomic E-state index is 6.24. The van der Waals surface area contributed by atoms with E-state index < -0.39 is 0 Å². The Kier molecular flexibility index (Phi) is 4.04. The van der Waals surface area contributed by atoms with Crippen molar-refractivity contribution in [2.24, 2.45) is 18.8 Å². The molecule has 3 N–H and O–H groups in total. The van der Waals surface area contributed by atoms with E-state index in [1.165, 1.54) is 0 Å². The molecule has 0 spiro atoms. The summed E-state index contributed by atoms with van der Waals surface area (Å²) >= 11 is 6.24. The lowest BCUT2D eigenvalue weighted by Gasteiger charge is -2.21. The minimum absolute atomic E-state index is 0.185. The minimum atomic E-state index is 0.185. The van der Waals surface area contributed by atoms with Crippen LogP contribution in [-0.2, 0) is 18.2 Å². The molecule has 5 nitrogen and oxygen atoms in total. The van der Waals surface area contributed by atoms with Gasteiger partial charge in [0.15, 0.2) is 0 Å². The SMILES string of the molecule is Cc1nn(C)c(CC(NN)C2CCOC2)c1Cl. The standard InChI is InChI=1S/C11H19ClN4O/c1-7-11(12)10(16(2)15-7)5-9(14-13)8-3-4-17-6-8/h8-9,14H,3-6,13H2,1-2H3. The third kappa shape index (κ3) is 2.63. The Morgan fingerprint density at radius 1 is 1.71 bits per heavy atom. The Labute approximate surface area is 106 Å². The summed E-state index contributed by atoms with van der Waals surface area (Å²) in [5.74, 6) is 6.08. The second-order valence-corrected chi connectivity index (χ2v) is 4.95. The van der Waals surface area contributed by atoms with Crippen LogP contribution in [0.4, 0.5) is 0 Å². The van der Waals surface area contributed by atoms with Crippen LogP contribution in [0.2, 0.25) is 5.02 Å². The van der Waals surface area contributed by atoms with E-state index >= 15 is 0 Å². The average molecular weight is 259 g/mol. The van der Waals surface area contributed by atoms with E-state index in [9.17, 15) is 0 Å². The first-order chi connectivity index (χ1) is 8.13. The fourth-order valence-electron chi connectivity index (χ4n) is 2.34. The lowest BCUT2D eigenvalue weighted by atomic mass is 9.95. The van der Waals surface area contributed by atoms with E-state index in [4.69, 9.17) is 22.2 Å². The number of rotatable bonds is 4. The van der Waals surface area contributed by atoms with Crippen LogP contribution in [0.3, 0.4) is 0 Å². The number of aryl methyl sites for hydroxylation is 2. The fourth-order valence-corrected chi connectivity index (χ4v) is 2.58. The van der Waals surface area contributed by atoms with Crippen LogP contribution in [0, 0.1) is 12.8 Å². The Bertz CT molecular complexity index is 387. The Hall–Kier alpha value is -0.620. The molecule has 0 saturated carbocycles. The van der Waals surface area contributed by atoms with Gasteiger partial charge in [-0.2, -0.15) is 5.10 Å². The van der Waals surface area contributed by atoms with Gasteiger partial charge in [0, 0.05) is 32.0 Å². The van der Waals surface area contributed by atoms with Crippen molar-refractivity contribution in [2.45, 2.75) is 25.8 Å². The summed E-state index contributed by atoms with van der Waals surface area (Å²) in [6.45, 7) is 3.50. The summed E-state index contributed by atoms with van der Waals surface area (Å²) in [4.78, 5) is 0. The zero-order valence-corrected chi connectivity index (χ0v) is 11.0. The van der Waals surface area contributed by atoms with Gasteiger partial charge in [-0.25, -0.2) is 0 Å². The minimum Gasteiger partial charge on any atom is -0.381 e. The van der Waals surface area contributed by atoms with Crippen molar-refractivity contribution in [1.29, 1.82) is 0 Å². The molecular weight excluding hydrogens is 240 g/mol. The fraction of sp³-hybridized carbons (Fsp3) is 0.727. The van der Waals surface area contributed by atoms with Crippen LogP contribution in [0.15, 0.2) is 0 Å². The molecule has 1 aliphatic heterocycles. The predicted octanol–water partition coefficient (Wildman–Crippen LogP) is 0.793. The number of nitrogens with one attached hydrogen (secondary N) is 1. The first-order valence-electron chi connectivity index (χ1n) is 5.85. The third-order valence-electron chi connectivity index (χ3n) is 3.42. The summed E-state index contributed by atoms with van der Waals surface area (Å²) in [6, 6.07) is 0.185. The van der Waals surface area contributed by atoms with Crippen molar-refractivity contribution in [1.82, 2.24) is 15.2 Å². The van der Waals surface area contributed by atoms with Crippen molar-refractivity contribution in [3.8, 4) is 0 Å². The van der Waals surface area contributed by atoms with E-state index in [1.807, 2.05) is 18.7 Å². The van der Waals surface area contributed by atoms with Gasteiger partial charge >= 0.3 is 0 Å². The smallest absolute Gasteiger partial charge is 0.0847 e. The highest BCUT2D eigenvalue weighted by Gasteiger charge is 2.27.